The van der Waals surface area contributed by atoms with Gasteiger partial charge in [0, 0.05) is 23.4 Å². The SMILES string of the molecule is COc1ccc(/C=N\NC(=O)CNc2ccc3c(c2)OCO3)c(OC)c1. The number of ether oxygens (including phenoxy) is 4. The third-order valence-electron chi connectivity index (χ3n) is 3.66. The molecule has 0 aromatic heterocycles. The highest BCUT2D eigenvalue weighted by Gasteiger charge is 2.13. The predicted octanol–water partition coefficient (Wildman–Crippen LogP) is 1.99. The number of hydrazone groups is 1. The van der Waals surface area contributed by atoms with Crippen molar-refractivity contribution in [2.45, 2.75) is 0 Å². The van der Waals surface area contributed by atoms with Crippen molar-refractivity contribution in [3.05, 3.63) is 42.0 Å². The lowest BCUT2D eigenvalue weighted by atomic mass is 10.2. The second kappa shape index (κ2) is 8.11. The van der Waals surface area contributed by atoms with Gasteiger partial charge in [0.25, 0.3) is 5.91 Å². The maximum atomic E-state index is 11.9. The number of methoxy groups -OCH3 is 2. The summed E-state index contributed by atoms with van der Waals surface area (Å²) in [5, 5.41) is 6.94. The fraction of sp³-hybridized carbons (Fsp3) is 0.222. The summed E-state index contributed by atoms with van der Waals surface area (Å²) in [6.07, 6.45) is 1.51. The molecule has 2 aromatic rings. The van der Waals surface area contributed by atoms with Crippen LogP contribution in [0.5, 0.6) is 23.0 Å². The van der Waals surface area contributed by atoms with Gasteiger partial charge in [-0.25, -0.2) is 5.43 Å². The smallest absolute Gasteiger partial charge is 0.259 e. The van der Waals surface area contributed by atoms with Gasteiger partial charge in [-0.05, 0) is 24.3 Å². The van der Waals surface area contributed by atoms with E-state index in [0.29, 0.717) is 23.0 Å². The summed E-state index contributed by atoms with van der Waals surface area (Å²) >= 11 is 0. The Morgan fingerprint density at radius 1 is 1.15 bits per heavy atom. The number of nitrogens with zero attached hydrogens (tertiary/aromatic N) is 1. The minimum atomic E-state index is -0.286. The highest BCUT2D eigenvalue weighted by molar-refractivity contribution is 5.86. The van der Waals surface area contributed by atoms with E-state index in [1.807, 2.05) is 6.07 Å². The summed E-state index contributed by atoms with van der Waals surface area (Å²) in [6, 6.07) is 10.7. The number of hydrogen-bond acceptors (Lipinski definition) is 7. The monoisotopic (exact) mass is 357 g/mol. The summed E-state index contributed by atoms with van der Waals surface area (Å²) in [4.78, 5) is 11.9. The first-order valence-electron chi connectivity index (χ1n) is 7.87. The van der Waals surface area contributed by atoms with E-state index in [-0.39, 0.29) is 19.2 Å². The van der Waals surface area contributed by atoms with Crippen LogP contribution in [0.15, 0.2) is 41.5 Å². The fourth-order valence-corrected chi connectivity index (χ4v) is 2.33. The molecule has 2 N–H and O–H groups in total. The van der Waals surface area contributed by atoms with Crippen LogP contribution in [0.3, 0.4) is 0 Å². The summed E-state index contributed by atoms with van der Waals surface area (Å²) in [6.45, 7) is 0.277. The Morgan fingerprint density at radius 3 is 2.81 bits per heavy atom. The van der Waals surface area contributed by atoms with Crippen LogP contribution >= 0.6 is 0 Å². The molecule has 0 aliphatic carbocycles. The minimum absolute atomic E-state index is 0.0662. The molecule has 136 valence electrons. The molecule has 8 nitrogen and oxygen atoms in total. The number of nitrogens with one attached hydrogen (secondary N) is 2. The molecule has 0 saturated carbocycles. The average molecular weight is 357 g/mol. The Morgan fingerprint density at radius 2 is 2.00 bits per heavy atom. The van der Waals surface area contributed by atoms with Gasteiger partial charge < -0.3 is 24.3 Å². The van der Waals surface area contributed by atoms with Gasteiger partial charge >= 0.3 is 0 Å². The summed E-state index contributed by atoms with van der Waals surface area (Å²) in [7, 11) is 3.13. The molecule has 0 spiro atoms. The Labute approximate surface area is 150 Å². The molecular formula is C18H19N3O5. The van der Waals surface area contributed by atoms with E-state index in [2.05, 4.69) is 15.8 Å². The molecule has 26 heavy (non-hydrogen) atoms. The van der Waals surface area contributed by atoms with Crippen molar-refractivity contribution < 1.29 is 23.7 Å². The van der Waals surface area contributed by atoms with Crippen molar-refractivity contribution in [3.63, 3.8) is 0 Å². The first-order valence-corrected chi connectivity index (χ1v) is 7.87. The van der Waals surface area contributed by atoms with Gasteiger partial charge in [0.1, 0.15) is 11.5 Å². The number of carbonyl (C=O) groups is 1. The zero-order valence-corrected chi connectivity index (χ0v) is 14.4. The average Bonchev–Trinajstić information content (AvgIpc) is 3.14. The predicted molar refractivity (Wildman–Crippen MR) is 96.3 cm³/mol. The molecule has 8 heteroatoms. The number of fused-ring (bicyclic) bond motifs is 1. The van der Waals surface area contributed by atoms with Crippen LogP contribution in [0.1, 0.15) is 5.56 Å². The van der Waals surface area contributed by atoms with E-state index in [4.69, 9.17) is 18.9 Å². The van der Waals surface area contributed by atoms with Crippen LogP contribution in [0.2, 0.25) is 0 Å². The Hall–Kier alpha value is -3.42. The fourth-order valence-electron chi connectivity index (χ4n) is 2.33. The second-order valence-corrected chi connectivity index (χ2v) is 5.32. The Balaban J connectivity index is 1.52. The minimum Gasteiger partial charge on any atom is -0.497 e. The number of anilines is 1. The molecule has 0 fully saturated rings. The van der Waals surface area contributed by atoms with Crippen molar-refractivity contribution >= 4 is 17.8 Å². The van der Waals surface area contributed by atoms with E-state index in [1.54, 1.807) is 44.6 Å². The van der Waals surface area contributed by atoms with Crippen LogP contribution in [0, 0.1) is 0 Å². The Kier molecular flexibility index (Phi) is 5.43. The maximum absolute atomic E-state index is 11.9. The van der Waals surface area contributed by atoms with Crippen LogP contribution in [0.4, 0.5) is 5.69 Å². The number of carbonyl (C=O) groups excluding carboxylic acids is 1. The topological polar surface area (TPSA) is 90.4 Å². The standard InChI is InChI=1S/C18H19N3O5/c1-23-14-5-3-12(16(8-14)24-2)9-20-21-18(22)10-19-13-4-6-15-17(7-13)26-11-25-15/h3-9,19H,10-11H2,1-2H3,(H,21,22)/b20-9-. The van der Waals surface area contributed by atoms with E-state index < -0.39 is 0 Å². The molecule has 0 atom stereocenters. The molecule has 0 unspecified atom stereocenters. The summed E-state index contributed by atoms with van der Waals surface area (Å²) in [5.74, 6) is 2.33. The number of hydrogen-bond donors (Lipinski definition) is 2. The third-order valence-corrected chi connectivity index (χ3v) is 3.66. The van der Waals surface area contributed by atoms with Crippen molar-refractivity contribution in [2.75, 3.05) is 32.9 Å². The van der Waals surface area contributed by atoms with Gasteiger partial charge in [-0.2, -0.15) is 5.10 Å². The van der Waals surface area contributed by atoms with E-state index in [9.17, 15) is 4.79 Å². The first kappa shape index (κ1) is 17.4. The van der Waals surface area contributed by atoms with E-state index >= 15 is 0 Å². The van der Waals surface area contributed by atoms with Crippen LogP contribution in [-0.4, -0.2) is 39.7 Å². The van der Waals surface area contributed by atoms with Gasteiger partial charge in [-0.1, -0.05) is 0 Å². The summed E-state index contributed by atoms with van der Waals surface area (Å²) in [5.41, 5.74) is 3.93. The zero-order valence-electron chi connectivity index (χ0n) is 14.4. The molecule has 0 bridgehead atoms. The van der Waals surface area contributed by atoms with Crippen LogP contribution in [-0.2, 0) is 4.79 Å². The molecule has 3 rings (SSSR count). The lowest BCUT2D eigenvalue weighted by molar-refractivity contribution is -0.119. The van der Waals surface area contributed by atoms with Crippen molar-refractivity contribution in [1.29, 1.82) is 0 Å². The van der Waals surface area contributed by atoms with Gasteiger partial charge in [0.05, 0.1) is 27.0 Å². The Bertz CT molecular complexity index is 822. The number of benzene rings is 2. The molecule has 0 radical (unpaired) electrons. The molecule has 1 aliphatic heterocycles. The zero-order chi connectivity index (χ0) is 18.4. The normalized spacial score (nSPS) is 12.1. The van der Waals surface area contributed by atoms with Crippen molar-refractivity contribution in [2.24, 2.45) is 5.10 Å². The lowest BCUT2D eigenvalue weighted by Gasteiger charge is -2.07. The second-order valence-electron chi connectivity index (χ2n) is 5.32. The van der Waals surface area contributed by atoms with Crippen LogP contribution < -0.4 is 29.7 Å². The van der Waals surface area contributed by atoms with Crippen molar-refractivity contribution in [3.8, 4) is 23.0 Å². The van der Waals surface area contributed by atoms with Crippen molar-refractivity contribution in [1.82, 2.24) is 5.43 Å². The maximum Gasteiger partial charge on any atom is 0.259 e. The number of rotatable bonds is 7. The highest BCUT2D eigenvalue weighted by atomic mass is 16.7. The van der Waals surface area contributed by atoms with E-state index in [0.717, 1.165) is 11.3 Å². The quantitative estimate of drug-likeness (QED) is 0.582. The molecule has 1 heterocycles. The van der Waals surface area contributed by atoms with Gasteiger partial charge in [0.15, 0.2) is 11.5 Å². The van der Waals surface area contributed by atoms with Gasteiger partial charge in [-0.15, -0.1) is 0 Å². The van der Waals surface area contributed by atoms with Gasteiger partial charge in [-0.3, -0.25) is 4.79 Å². The first-order chi connectivity index (χ1) is 12.7. The lowest BCUT2D eigenvalue weighted by Crippen LogP contribution is -2.25. The molecule has 0 saturated heterocycles. The molecular weight excluding hydrogens is 338 g/mol. The van der Waals surface area contributed by atoms with Gasteiger partial charge in [0.2, 0.25) is 6.79 Å². The summed E-state index contributed by atoms with van der Waals surface area (Å²) < 4.78 is 20.9. The molecule has 1 amide bonds. The molecule has 1 aliphatic rings. The highest BCUT2D eigenvalue weighted by Crippen LogP contribution is 2.34. The van der Waals surface area contributed by atoms with E-state index in [1.165, 1.54) is 6.21 Å². The third kappa shape index (κ3) is 4.15. The molecule has 2 aromatic carbocycles. The number of amides is 1. The largest absolute Gasteiger partial charge is 0.497 e. The van der Waals surface area contributed by atoms with Crippen LogP contribution in [0.25, 0.3) is 0 Å².